The van der Waals surface area contributed by atoms with E-state index in [1.807, 2.05) is 6.92 Å². The van der Waals surface area contributed by atoms with Gasteiger partial charge in [-0.25, -0.2) is 0 Å². The van der Waals surface area contributed by atoms with Gasteiger partial charge in [-0.05, 0) is 25.7 Å². The van der Waals surface area contributed by atoms with Crippen molar-refractivity contribution >= 4 is 11.9 Å². The summed E-state index contributed by atoms with van der Waals surface area (Å²) in [5.41, 5.74) is 0. The standard InChI is InChI=1S/C34H66O4/c1-4-6-8-22-26-30-37-33(35)29-25-21-19-17-15-13-11-10-12-14-16-18-20-24-28-32(3)34(36)38-31-27-23-9-7-5-2/h32H,4-31H2,1-3H3. The molecule has 0 aromatic heterocycles. The van der Waals surface area contributed by atoms with Crippen molar-refractivity contribution in [3.63, 3.8) is 0 Å². The monoisotopic (exact) mass is 538 g/mol. The van der Waals surface area contributed by atoms with E-state index >= 15 is 0 Å². The summed E-state index contributed by atoms with van der Waals surface area (Å²) in [5, 5.41) is 0. The lowest BCUT2D eigenvalue weighted by molar-refractivity contribution is -0.148. The van der Waals surface area contributed by atoms with Gasteiger partial charge in [0.2, 0.25) is 0 Å². The van der Waals surface area contributed by atoms with Crippen molar-refractivity contribution in [2.24, 2.45) is 5.92 Å². The van der Waals surface area contributed by atoms with Crippen molar-refractivity contribution in [2.75, 3.05) is 13.2 Å². The third kappa shape index (κ3) is 28.0. The number of esters is 2. The van der Waals surface area contributed by atoms with Gasteiger partial charge in [-0.3, -0.25) is 9.59 Å². The molecule has 0 bridgehead atoms. The molecule has 0 saturated heterocycles. The molecule has 0 aliphatic carbocycles. The first-order valence-electron chi connectivity index (χ1n) is 16.9. The van der Waals surface area contributed by atoms with Crippen LogP contribution in [0.1, 0.15) is 188 Å². The maximum absolute atomic E-state index is 12.1. The minimum atomic E-state index is -0.00134. The molecule has 1 atom stereocenters. The molecule has 38 heavy (non-hydrogen) atoms. The van der Waals surface area contributed by atoms with Crippen molar-refractivity contribution in [2.45, 2.75) is 188 Å². The number of hydrogen-bond donors (Lipinski definition) is 0. The average molecular weight is 539 g/mol. The van der Waals surface area contributed by atoms with Crippen LogP contribution in [0.5, 0.6) is 0 Å². The van der Waals surface area contributed by atoms with E-state index in [4.69, 9.17) is 9.47 Å². The fraction of sp³-hybridized carbons (Fsp3) is 0.941. The Kier molecular flexibility index (Phi) is 29.6. The van der Waals surface area contributed by atoms with Gasteiger partial charge in [0.05, 0.1) is 19.1 Å². The summed E-state index contributed by atoms with van der Waals surface area (Å²) in [6, 6.07) is 0. The van der Waals surface area contributed by atoms with Crippen molar-refractivity contribution in [1.29, 1.82) is 0 Å². The summed E-state index contributed by atoms with van der Waals surface area (Å²) in [5.74, 6) is 0.0552. The van der Waals surface area contributed by atoms with Gasteiger partial charge in [-0.2, -0.15) is 0 Å². The Labute approximate surface area is 237 Å². The maximum atomic E-state index is 12.1. The Balaban J connectivity index is 3.27. The smallest absolute Gasteiger partial charge is 0.308 e. The molecule has 226 valence electrons. The molecule has 0 aliphatic rings. The summed E-state index contributed by atoms with van der Waals surface area (Å²) in [6.45, 7) is 7.67. The van der Waals surface area contributed by atoms with Crippen LogP contribution in [0.25, 0.3) is 0 Å². The first-order valence-corrected chi connectivity index (χ1v) is 16.9. The highest BCUT2D eigenvalue weighted by atomic mass is 16.5. The molecule has 0 spiro atoms. The molecule has 0 aromatic rings. The maximum Gasteiger partial charge on any atom is 0.308 e. The van der Waals surface area contributed by atoms with Crippen molar-refractivity contribution in [1.82, 2.24) is 0 Å². The van der Waals surface area contributed by atoms with Crippen LogP contribution in [0.4, 0.5) is 0 Å². The topological polar surface area (TPSA) is 52.6 Å². The number of ether oxygens (including phenoxy) is 2. The van der Waals surface area contributed by atoms with E-state index in [2.05, 4.69) is 13.8 Å². The summed E-state index contributed by atoms with van der Waals surface area (Å²) in [4.78, 5) is 23.8. The van der Waals surface area contributed by atoms with Crippen LogP contribution in [-0.4, -0.2) is 25.2 Å². The molecule has 0 fully saturated rings. The first kappa shape index (κ1) is 36.9. The first-order chi connectivity index (χ1) is 18.6. The molecular weight excluding hydrogens is 472 g/mol. The van der Waals surface area contributed by atoms with E-state index in [-0.39, 0.29) is 17.9 Å². The summed E-state index contributed by atoms with van der Waals surface area (Å²) < 4.78 is 10.8. The molecule has 0 saturated carbocycles. The minimum Gasteiger partial charge on any atom is -0.466 e. The van der Waals surface area contributed by atoms with Gasteiger partial charge in [0.15, 0.2) is 0 Å². The fourth-order valence-electron chi connectivity index (χ4n) is 4.94. The number of carbonyl (C=O) groups excluding carboxylic acids is 2. The van der Waals surface area contributed by atoms with E-state index in [0.29, 0.717) is 19.6 Å². The van der Waals surface area contributed by atoms with Gasteiger partial charge < -0.3 is 9.47 Å². The zero-order chi connectivity index (χ0) is 27.9. The fourth-order valence-corrected chi connectivity index (χ4v) is 4.94. The van der Waals surface area contributed by atoms with Crippen molar-refractivity contribution < 1.29 is 19.1 Å². The van der Waals surface area contributed by atoms with Crippen LogP contribution < -0.4 is 0 Å². The molecular formula is C34H66O4. The third-order valence-electron chi connectivity index (χ3n) is 7.67. The molecule has 0 heterocycles. The van der Waals surface area contributed by atoms with Crippen LogP contribution in [0, 0.1) is 5.92 Å². The van der Waals surface area contributed by atoms with Crippen molar-refractivity contribution in [3.8, 4) is 0 Å². The van der Waals surface area contributed by atoms with E-state index in [1.165, 1.54) is 122 Å². The lowest BCUT2D eigenvalue weighted by Crippen LogP contribution is -2.15. The van der Waals surface area contributed by atoms with E-state index in [0.717, 1.165) is 38.5 Å². The molecule has 1 unspecified atom stereocenters. The third-order valence-corrected chi connectivity index (χ3v) is 7.67. The van der Waals surface area contributed by atoms with Crippen LogP contribution in [-0.2, 0) is 19.1 Å². The molecule has 0 N–H and O–H groups in total. The van der Waals surface area contributed by atoms with Gasteiger partial charge in [0.25, 0.3) is 0 Å². The molecule has 4 heteroatoms. The minimum absolute atomic E-state index is 0.00134. The Bertz CT molecular complexity index is 505. The summed E-state index contributed by atoms with van der Waals surface area (Å²) in [7, 11) is 0. The van der Waals surface area contributed by atoms with Crippen LogP contribution in [0.2, 0.25) is 0 Å². The summed E-state index contributed by atoms with van der Waals surface area (Å²) >= 11 is 0. The lowest BCUT2D eigenvalue weighted by atomic mass is 10.0. The number of unbranched alkanes of at least 4 members (excludes halogenated alkanes) is 21. The Morgan fingerprint density at radius 3 is 1.32 bits per heavy atom. The number of hydrogen-bond acceptors (Lipinski definition) is 4. The molecule has 0 aromatic carbocycles. The summed E-state index contributed by atoms with van der Waals surface area (Å²) in [6.07, 6.45) is 31.4. The molecule has 4 nitrogen and oxygen atoms in total. The molecule has 0 amide bonds. The van der Waals surface area contributed by atoms with Crippen molar-refractivity contribution in [3.05, 3.63) is 0 Å². The van der Waals surface area contributed by atoms with Gasteiger partial charge in [-0.15, -0.1) is 0 Å². The number of carbonyl (C=O) groups is 2. The van der Waals surface area contributed by atoms with Crippen LogP contribution in [0.15, 0.2) is 0 Å². The molecule has 0 aliphatic heterocycles. The zero-order valence-electron chi connectivity index (χ0n) is 26.0. The second-order valence-corrected chi connectivity index (χ2v) is 11.6. The van der Waals surface area contributed by atoms with E-state index in [9.17, 15) is 9.59 Å². The Hall–Kier alpha value is -1.06. The zero-order valence-corrected chi connectivity index (χ0v) is 26.0. The second-order valence-electron chi connectivity index (χ2n) is 11.6. The predicted molar refractivity (Wildman–Crippen MR) is 162 cm³/mol. The normalized spacial score (nSPS) is 12.0. The van der Waals surface area contributed by atoms with Gasteiger partial charge in [0, 0.05) is 6.42 Å². The Morgan fingerprint density at radius 2 is 0.842 bits per heavy atom. The lowest BCUT2D eigenvalue weighted by Gasteiger charge is -2.11. The highest BCUT2D eigenvalue weighted by molar-refractivity contribution is 5.71. The van der Waals surface area contributed by atoms with E-state index in [1.54, 1.807) is 0 Å². The molecule has 0 radical (unpaired) electrons. The van der Waals surface area contributed by atoms with Gasteiger partial charge >= 0.3 is 11.9 Å². The SMILES string of the molecule is CCCCCCCOC(=O)CCCCCCCCCCCCCCCCC(C)C(=O)OCCCCCCC. The average Bonchev–Trinajstić information content (AvgIpc) is 2.92. The highest BCUT2D eigenvalue weighted by Crippen LogP contribution is 2.16. The van der Waals surface area contributed by atoms with Crippen LogP contribution in [0.3, 0.4) is 0 Å². The van der Waals surface area contributed by atoms with Crippen LogP contribution >= 0.6 is 0 Å². The quantitative estimate of drug-likeness (QED) is 0.0674. The number of rotatable bonds is 30. The highest BCUT2D eigenvalue weighted by Gasteiger charge is 2.13. The van der Waals surface area contributed by atoms with Gasteiger partial charge in [-0.1, -0.05) is 156 Å². The predicted octanol–water partition coefficient (Wildman–Crippen LogP) is 10.9. The second kappa shape index (κ2) is 30.5. The molecule has 0 rings (SSSR count). The Morgan fingerprint density at radius 1 is 0.474 bits per heavy atom. The largest absolute Gasteiger partial charge is 0.466 e. The van der Waals surface area contributed by atoms with Gasteiger partial charge in [0.1, 0.15) is 0 Å². The van der Waals surface area contributed by atoms with E-state index < -0.39 is 0 Å².